The van der Waals surface area contributed by atoms with Gasteiger partial charge in [-0.3, -0.25) is 4.79 Å². The van der Waals surface area contributed by atoms with E-state index >= 15 is 0 Å². The number of amides is 1. The summed E-state index contributed by atoms with van der Waals surface area (Å²) < 4.78 is 0. The SMILES string of the molecule is Cc1cc(C(=O)N(C)c2ccccc2)nc(NC2CCCC2)n1. The highest BCUT2D eigenvalue weighted by molar-refractivity contribution is 6.04. The summed E-state index contributed by atoms with van der Waals surface area (Å²) in [7, 11) is 1.76. The van der Waals surface area contributed by atoms with Crippen LogP contribution in [0.3, 0.4) is 0 Å². The van der Waals surface area contributed by atoms with Crippen molar-refractivity contribution < 1.29 is 4.79 Å². The van der Waals surface area contributed by atoms with Gasteiger partial charge >= 0.3 is 0 Å². The van der Waals surface area contributed by atoms with Gasteiger partial charge in [0.1, 0.15) is 5.69 Å². The number of hydrogen-bond acceptors (Lipinski definition) is 4. The second-order valence-electron chi connectivity index (χ2n) is 6.04. The van der Waals surface area contributed by atoms with Gasteiger partial charge in [0, 0.05) is 24.5 Å². The minimum atomic E-state index is -0.129. The smallest absolute Gasteiger partial charge is 0.276 e. The number of carbonyl (C=O) groups is 1. The molecule has 0 unspecified atom stereocenters. The number of benzene rings is 1. The Kier molecular flexibility index (Phi) is 4.55. The van der Waals surface area contributed by atoms with Crippen molar-refractivity contribution in [3.63, 3.8) is 0 Å². The van der Waals surface area contributed by atoms with E-state index in [1.807, 2.05) is 37.3 Å². The summed E-state index contributed by atoms with van der Waals surface area (Å²) in [5.41, 5.74) is 2.06. The highest BCUT2D eigenvalue weighted by atomic mass is 16.2. The van der Waals surface area contributed by atoms with Crippen LogP contribution in [-0.4, -0.2) is 29.0 Å². The van der Waals surface area contributed by atoms with Crippen LogP contribution in [0.15, 0.2) is 36.4 Å². The zero-order valence-electron chi connectivity index (χ0n) is 13.6. The molecule has 23 heavy (non-hydrogen) atoms. The first-order chi connectivity index (χ1) is 11.1. The van der Waals surface area contributed by atoms with Crippen molar-refractivity contribution in [1.82, 2.24) is 9.97 Å². The molecule has 1 aliphatic rings. The molecule has 1 aromatic heterocycles. The van der Waals surface area contributed by atoms with Crippen LogP contribution >= 0.6 is 0 Å². The van der Waals surface area contributed by atoms with Gasteiger partial charge in [0.05, 0.1) is 0 Å². The first kappa shape index (κ1) is 15.5. The average molecular weight is 310 g/mol. The summed E-state index contributed by atoms with van der Waals surface area (Å²) in [6.07, 6.45) is 4.77. The van der Waals surface area contributed by atoms with Crippen molar-refractivity contribution in [1.29, 1.82) is 0 Å². The van der Waals surface area contributed by atoms with Crippen molar-refractivity contribution in [2.24, 2.45) is 0 Å². The van der Waals surface area contributed by atoms with Crippen molar-refractivity contribution >= 4 is 17.5 Å². The van der Waals surface area contributed by atoms with E-state index < -0.39 is 0 Å². The van der Waals surface area contributed by atoms with Crippen LogP contribution in [0.1, 0.15) is 41.9 Å². The maximum atomic E-state index is 12.7. The van der Waals surface area contributed by atoms with Crippen LogP contribution in [-0.2, 0) is 0 Å². The lowest BCUT2D eigenvalue weighted by Crippen LogP contribution is -2.28. The quantitative estimate of drug-likeness (QED) is 0.940. The lowest BCUT2D eigenvalue weighted by molar-refractivity contribution is 0.0988. The van der Waals surface area contributed by atoms with Crippen molar-refractivity contribution in [2.75, 3.05) is 17.3 Å². The maximum absolute atomic E-state index is 12.7. The van der Waals surface area contributed by atoms with Crippen molar-refractivity contribution in [3.8, 4) is 0 Å². The van der Waals surface area contributed by atoms with E-state index in [0.29, 0.717) is 17.7 Å². The topological polar surface area (TPSA) is 58.1 Å². The van der Waals surface area contributed by atoms with Gasteiger partial charge < -0.3 is 10.2 Å². The molecule has 1 saturated carbocycles. The van der Waals surface area contributed by atoms with E-state index in [0.717, 1.165) is 24.2 Å². The largest absolute Gasteiger partial charge is 0.351 e. The highest BCUT2D eigenvalue weighted by Crippen LogP contribution is 2.21. The number of aromatic nitrogens is 2. The summed E-state index contributed by atoms with van der Waals surface area (Å²) in [4.78, 5) is 23.2. The molecule has 1 aliphatic carbocycles. The molecule has 120 valence electrons. The Labute approximate surface area is 136 Å². The molecular formula is C18H22N4O. The lowest BCUT2D eigenvalue weighted by atomic mass is 10.2. The molecule has 1 aromatic carbocycles. The van der Waals surface area contributed by atoms with E-state index in [2.05, 4.69) is 15.3 Å². The first-order valence-electron chi connectivity index (χ1n) is 8.09. The van der Waals surface area contributed by atoms with Gasteiger partial charge in [0.25, 0.3) is 5.91 Å². The van der Waals surface area contributed by atoms with E-state index in [-0.39, 0.29) is 5.91 Å². The molecular weight excluding hydrogens is 288 g/mol. The molecule has 1 amide bonds. The number of nitrogens with zero attached hydrogens (tertiary/aromatic N) is 3. The van der Waals surface area contributed by atoms with Gasteiger partial charge in [-0.15, -0.1) is 0 Å². The van der Waals surface area contributed by atoms with E-state index in [1.165, 1.54) is 12.8 Å². The third-order valence-corrected chi connectivity index (χ3v) is 4.21. The van der Waals surface area contributed by atoms with Crippen LogP contribution in [0.25, 0.3) is 0 Å². The second-order valence-corrected chi connectivity index (χ2v) is 6.04. The van der Waals surface area contributed by atoms with Crippen LogP contribution in [0.2, 0.25) is 0 Å². The van der Waals surface area contributed by atoms with Crippen LogP contribution in [0.4, 0.5) is 11.6 Å². The maximum Gasteiger partial charge on any atom is 0.276 e. The number of aryl methyl sites for hydroxylation is 1. The molecule has 0 atom stereocenters. The molecule has 1 N–H and O–H groups in total. The molecule has 1 fully saturated rings. The number of nitrogens with one attached hydrogen (secondary N) is 1. The van der Waals surface area contributed by atoms with Gasteiger partial charge in [-0.2, -0.15) is 0 Å². The minimum absolute atomic E-state index is 0.129. The number of anilines is 2. The van der Waals surface area contributed by atoms with E-state index in [4.69, 9.17) is 0 Å². The highest BCUT2D eigenvalue weighted by Gasteiger charge is 2.19. The lowest BCUT2D eigenvalue weighted by Gasteiger charge is -2.18. The number of rotatable bonds is 4. The predicted octanol–water partition coefficient (Wildman–Crippen LogP) is 3.42. The van der Waals surface area contributed by atoms with Crippen molar-refractivity contribution in [3.05, 3.63) is 47.8 Å². The van der Waals surface area contributed by atoms with Gasteiger partial charge in [0.15, 0.2) is 0 Å². The average Bonchev–Trinajstić information content (AvgIpc) is 3.06. The molecule has 5 nitrogen and oxygen atoms in total. The molecule has 5 heteroatoms. The molecule has 0 spiro atoms. The number of hydrogen-bond donors (Lipinski definition) is 1. The molecule has 0 aliphatic heterocycles. The molecule has 2 aromatic rings. The van der Waals surface area contributed by atoms with Gasteiger partial charge in [-0.25, -0.2) is 9.97 Å². The Morgan fingerprint density at radius 1 is 1.17 bits per heavy atom. The van der Waals surface area contributed by atoms with Gasteiger partial charge in [-0.1, -0.05) is 31.0 Å². The third kappa shape index (κ3) is 3.67. The Morgan fingerprint density at radius 3 is 2.57 bits per heavy atom. The molecule has 3 rings (SSSR count). The zero-order chi connectivity index (χ0) is 16.2. The predicted molar refractivity (Wildman–Crippen MR) is 91.8 cm³/mol. The monoisotopic (exact) mass is 310 g/mol. The standard InChI is InChI=1S/C18H22N4O/c1-13-12-16(17(23)22(2)15-10-4-3-5-11-15)21-18(19-13)20-14-8-6-7-9-14/h3-5,10-12,14H,6-9H2,1-2H3,(H,19,20,21). The Balaban J connectivity index is 1.81. The van der Waals surface area contributed by atoms with Crippen LogP contribution in [0, 0.1) is 6.92 Å². The number of carbonyl (C=O) groups excluding carboxylic acids is 1. The summed E-state index contributed by atoms with van der Waals surface area (Å²) in [5, 5.41) is 3.36. The second kappa shape index (κ2) is 6.77. The van der Waals surface area contributed by atoms with E-state index in [1.54, 1.807) is 18.0 Å². The van der Waals surface area contributed by atoms with Crippen LogP contribution < -0.4 is 10.2 Å². The summed E-state index contributed by atoms with van der Waals surface area (Å²) in [6, 6.07) is 11.7. The number of para-hydroxylation sites is 1. The Bertz CT molecular complexity index is 681. The van der Waals surface area contributed by atoms with Gasteiger partial charge in [0.2, 0.25) is 5.95 Å². The fourth-order valence-corrected chi connectivity index (χ4v) is 2.94. The summed E-state index contributed by atoms with van der Waals surface area (Å²) >= 11 is 0. The molecule has 1 heterocycles. The van der Waals surface area contributed by atoms with Gasteiger partial charge in [-0.05, 0) is 38.0 Å². The minimum Gasteiger partial charge on any atom is -0.351 e. The van der Waals surface area contributed by atoms with E-state index in [9.17, 15) is 4.79 Å². The zero-order valence-corrected chi connectivity index (χ0v) is 13.6. The Morgan fingerprint density at radius 2 is 1.87 bits per heavy atom. The molecule has 0 bridgehead atoms. The normalized spacial score (nSPS) is 14.7. The molecule has 0 saturated heterocycles. The van der Waals surface area contributed by atoms with Crippen molar-refractivity contribution in [2.45, 2.75) is 38.6 Å². The summed E-state index contributed by atoms with van der Waals surface area (Å²) in [5.74, 6) is 0.429. The first-order valence-corrected chi connectivity index (χ1v) is 8.09. The van der Waals surface area contributed by atoms with Crippen LogP contribution in [0.5, 0.6) is 0 Å². The fourth-order valence-electron chi connectivity index (χ4n) is 2.94. The molecule has 0 radical (unpaired) electrons. The fraction of sp³-hybridized carbons (Fsp3) is 0.389. The Hall–Kier alpha value is -2.43. The summed E-state index contributed by atoms with van der Waals surface area (Å²) in [6.45, 7) is 1.89. The third-order valence-electron chi connectivity index (χ3n) is 4.21.